The second-order valence-corrected chi connectivity index (χ2v) is 6.51. The summed E-state index contributed by atoms with van der Waals surface area (Å²) in [6.45, 7) is 3.54. The minimum Gasteiger partial charge on any atom is -0.493 e. The van der Waals surface area contributed by atoms with Crippen molar-refractivity contribution in [2.24, 2.45) is 0 Å². The average molecular weight is 386 g/mol. The molecule has 0 saturated carbocycles. The first-order valence-electron chi connectivity index (χ1n) is 9.27. The molecule has 2 aromatic carbocycles. The van der Waals surface area contributed by atoms with Gasteiger partial charge in [0.15, 0.2) is 0 Å². The molecule has 2 N–H and O–H groups in total. The summed E-state index contributed by atoms with van der Waals surface area (Å²) in [4.78, 5) is 36.0. The van der Waals surface area contributed by atoms with Gasteiger partial charge in [-0.3, -0.25) is 9.59 Å². The molecule has 0 radical (unpaired) electrons. The molecule has 0 spiro atoms. The van der Waals surface area contributed by atoms with Crippen molar-refractivity contribution in [3.05, 3.63) is 42.5 Å². The predicted octanol–water partition coefficient (Wildman–Crippen LogP) is 2.44. The Morgan fingerprint density at radius 2 is 1.86 bits per heavy atom. The fourth-order valence-electron chi connectivity index (χ4n) is 2.89. The van der Waals surface area contributed by atoms with Crippen molar-refractivity contribution in [2.45, 2.75) is 32.7 Å². The fourth-order valence-corrected chi connectivity index (χ4v) is 2.89. The number of hydrogen-bond acceptors (Lipinski definition) is 4. The Balaban J connectivity index is 1.88. The number of carboxylic acids is 1. The topological polar surface area (TPSA) is 95.9 Å². The molecular formula is C21H26N2O5. The van der Waals surface area contributed by atoms with Crippen LogP contribution >= 0.6 is 0 Å². The van der Waals surface area contributed by atoms with Gasteiger partial charge in [-0.15, -0.1) is 0 Å². The van der Waals surface area contributed by atoms with Gasteiger partial charge >= 0.3 is 5.97 Å². The van der Waals surface area contributed by atoms with Gasteiger partial charge < -0.3 is 20.1 Å². The summed E-state index contributed by atoms with van der Waals surface area (Å²) in [5.41, 5.74) is 0. The summed E-state index contributed by atoms with van der Waals surface area (Å²) < 4.78 is 5.83. The summed E-state index contributed by atoms with van der Waals surface area (Å²) in [6.07, 6.45) is 0.632. The summed E-state index contributed by atoms with van der Waals surface area (Å²) in [6, 6.07) is 12.7. The van der Waals surface area contributed by atoms with Crippen molar-refractivity contribution in [3.63, 3.8) is 0 Å². The van der Waals surface area contributed by atoms with Crippen LogP contribution in [0.4, 0.5) is 0 Å². The lowest BCUT2D eigenvalue weighted by Crippen LogP contribution is -2.46. The Morgan fingerprint density at radius 3 is 2.57 bits per heavy atom. The molecule has 0 aromatic heterocycles. The highest BCUT2D eigenvalue weighted by atomic mass is 16.5. The minimum atomic E-state index is -1.08. The molecule has 7 nitrogen and oxygen atoms in total. The van der Waals surface area contributed by atoms with E-state index in [0.29, 0.717) is 13.0 Å². The molecule has 0 heterocycles. The van der Waals surface area contributed by atoms with Crippen molar-refractivity contribution in [2.75, 3.05) is 19.7 Å². The smallest absolute Gasteiger partial charge is 0.326 e. The molecule has 7 heteroatoms. The third kappa shape index (κ3) is 5.97. The number of benzene rings is 2. The number of hydrogen-bond donors (Lipinski definition) is 2. The van der Waals surface area contributed by atoms with Gasteiger partial charge in [-0.1, -0.05) is 36.4 Å². The van der Waals surface area contributed by atoms with Gasteiger partial charge in [0.05, 0.1) is 6.61 Å². The van der Waals surface area contributed by atoms with Crippen LogP contribution in [-0.4, -0.2) is 53.5 Å². The molecule has 0 saturated heterocycles. The summed E-state index contributed by atoms with van der Waals surface area (Å²) in [5.74, 6) is -0.823. The lowest BCUT2D eigenvalue weighted by atomic mass is 10.1. The largest absolute Gasteiger partial charge is 0.493 e. The molecule has 0 aliphatic heterocycles. The van der Waals surface area contributed by atoms with Crippen molar-refractivity contribution < 1.29 is 24.2 Å². The van der Waals surface area contributed by atoms with Crippen molar-refractivity contribution in [1.82, 2.24) is 10.2 Å². The van der Waals surface area contributed by atoms with E-state index < -0.39 is 12.0 Å². The van der Waals surface area contributed by atoms with E-state index in [1.54, 1.807) is 0 Å². The van der Waals surface area contributed by atoms with Gasteiger partial charge in [0, 0.05) is 31.8 Å². The molecule has 2 aromatic rings. The molecule has 1 unspecified atom stereocenters. The highest BCUT2D eigenvalue weighted by Crippen LogP contribution is 2.25. The number of nitrogens with zero attached hydrogens (tertiary/aromatic N) is 1. The van der Waals surface area contributed by atoms with Gasteiger partial charge in [0.2, 0.25) is 11.8 Å². The standard InChI is InChI=1S/C21H26N2O5/c1-15(21(26)27)23(13-12-22-16(2)24)20(25)11-6-14-28-19-10-5-8-17-7-3-4-9-18(17)19/h3-5,7-10,15H,6,11-14H2,1-2H3,(H,22,24)(H,26,27). The zero-order valence-electron chi connectivity index (χ0n) is 16.2. The SMILES string of the molecule is CC(=O)NCCN(C(=O)CCCOc1cccc2ccccc12)C(C)C(=O)O. The highest BCUT2D eigenvalue weighted by molar-refractivity contribution is 5.88. The number of carboxylic acid groups (broad SMARTS) is 1. The minimum absolute atomic E-state index is 0.149. The lowest BCUT2D eigenvalue weighted by Gasteiger charge is -2.26. The third-order valence-electron chi connectivity index (χ3n) is 4.41. The molecule has 0 aliphatic rings. The predicted molar refractivity (Wildman–Crippen MR) is 106 cm³/mol. The highest BCUT2D eigenvalue weighted by Gasteiger charge is 2.24. The van der Waals surface area contributed by atoms with E-state index in [4.69, 9.17) is 4.74 Å². The van der Waals surface area contributed by atoms with E-state index in [2.05, 4.69) is 5.32 Å². The number of ether oxygens (including phenoxy) is 1. The van der Waals surface area contributed by atoms with Crippen molar-refractivity contribution in [1.29, 1.82) is 0 Å². The summed E-state index contributed by atoms with van der Waals surface area (Å²) in [7, 11) is 0. The molecule has 0 bridgehead atoms. The van der Waals surface area contributed by atoms with Crippen LogP contribution in [0, 0.1) is 0 Å². The van der Waals surface area contributed by atoms with Crippen molar-refractivity contribution in [3.8, 4) is 5.75 Å². The number of rotatable bonds is 10. The van der Waals surface area contributed by atoms with E-state index in [-0.39, 0.29) is 31.3 Å². The quantitative estimate of drug-likeness (QED) is 0.612. The van der Waals surface area contributed by atoms with Gasteiger partial charge in [0.1, 0.15) is 11.8 Å². The third-order valence-corrected chi connectivity index (χ3v) is 4.41. The lowest BCUT2D eigenvalue weighted by molar-refractivity contribution is -0.149. The van der Waals surface area contributed by atoms with Gasteiger partial charge in [-0.2, -0.15) is 0 Å². The average Bonchev–Trinajstić information content (AvgIpc) is 2.67. The van der Waals surface area contributed by atoms with E-state index in [9.17, 15) is 19.5 Å². The number of amides is 2. The Labute approximate surface area is 164 Å². The molecule has 2 amide bonds. The Kier molecular flexibility index (Phi) is 7.80. The van der Waals surface area contributed by atoms with E-state index in [1.165, 1.54) is 18.7 Å². The second-order valence-electron chi connectivity index (χ2n) is 6.51. The van der Waals surface area contributed by atoms with E-state index in [0.717, 1.165) is 16.5 Å². The normalized spacial score (nSPS) is 11.6. The molecule has 150 valence electrons. The molecule has 1 atom stereocenters. The van der Waals surface area contributed by atoms with Crippen LogP contribution in [0.2, 0.25) is 0 Å². The number of nitrogens with one attached hydrogen (secondary N) is 1. The zero-order chi connectivity index (χ0) is 20.5. The number of aliphatic carboxylic acids is 1. The van der Waals surface area contributed by atoms with Gasteiger partial charge in [0.25, 0.3) is 0 Å². The molecule has 0 aliphatic carbocycles. The Hall–Kier alpha value is -3.09. The maximum Gasteiger partial charge on any atom is 0.326 e. The monoisotopic (exact) mass is 386 g/mol. The van der Waals surface area contributed by atoms with Crippen LogP contribution in [-0.2, 0) is 14.4 Å². The number of carbonyl (C=O) groups is 3. The van der Waals surface area contributed by atoms with Crippen LogP contribution in [0.15, 0.2) is 42.5 Å². The summed E-state index contributed by atoms with van der Waals surface area (Å²) in [5, 5.41) is 13.9. The molecular weight excluding hydrogens is 360 g/mol. The number of fused-ring (bicyclic) bond motifs is 1. The fraction of sp³-hybridized carbons (Fsp3) is 0.381. The van der Waals surface area contributed by atoms with Crippen LogP contribution < -0.4 is 10.1 Å². The first-order valence-corrected chi connectivity index (χ1v) is 9.27. The maximum absolute atomic E-state index is 12.5. The molecule has 2 rings (SSSR count). The summed E-state index contributed by atoms with van der Waals surface area (Å²) >= 11 is 0. The van der Waals surface area contributed by atoms with E-state index in [1.807, 2.05) is 42.5 Å². The second kappa shape index (κ2) is 10.3. The maximum atomic E-state index is 12.5. The van der Waals surface area contributed by atoms with Crippen LogP contribution in [0.1, 0.15) is 26.7 Å². The first-order chi connectivity index (χ1) is 13.4. The number of carbonyl (C=O) groups excluding carboxylic acids is 2. The van der Waals surface area contributed by atoms with E-state index >= 15 is 0 Å². The van der Waals surface area contributed by atoms with Crippen LogP contribution in [0.3, 0.4) is 0 Å². The van der Waals surface area contributed by atoms with Gasteiger partial charge in [-0.05, 0) is 24.8 Å². The molecule has 0 fully saturated rings. The zero-order valence-corrected chi connectivity index (χ0v) is 16.2. The Bertz CT molecular complexity index is 831. The van der Waals surface area contributed by atoms with Crippen LogP contribution in [0.5, 0.6) is 5.75 Å². The first kappa shape index (κ1) is 21.2. The van der Waals surface area contributed by atoms with Crippen molar-refractivity contribution >= 4 is 28.6 Å². The van der Waals surface area contributed by atoms with Crippen LogP contribution in [0.25, 0.3) is 10.8 Å². The Morgan fingerprint density at radius 1 is 1.14 bits per heavy atom. The van der Waals surface area contributed by atoms with Gasteiger partial charge in [-0.25, -0.2) is 4.79 Å². The molecule has 28 heavy (non-hydrogen) atoms.